The third kappa shape index (κ3) is 4.01. The van der Waals surface area contributed by atoms with Crippen LogP contribution in [0.2, 0.25) is 0 Å². The number of carbonyl (C=O) groups excluding carboxylic acids is 1. The molecule has 142 valence electrons. The molecule has 1 aromatic rings. The monoisotopic (exact) mass is 376 g/mol. The molecular weight excluding hydrogens is 348 g/mol. The number of hydrogen-bond acceptors (Lipinski definition) is 4. The molecule has 1 aromatic carbocycles. The van der Waals surface area contributed by atoms with Gasteiger partial charge in [0.25, 0.3) is 5.91 Å². The van der Waals surface area contributed by atoms with E-state index >= 15 is 0 Å². The largest absolute Gasteiger partial charge is 0.332 e. The first-order chi connectivity index (χ1) is 12.3. The second-order valence-corrected chi connectivity index (χ2v) is 9.69. The Morgan fingerprint density at radius 2 is 1.77 bits per heavy atom. The molecule has 3 rings (SSSR count). The van der Waals surface area contributed by atoms with E-state index in [1.54, 1.807) is 4.90 Å². The summed E-state index contributed by atoms with van der Waals surface area (Å²) in [5.74, 6) is 0.163. The fraction of sp³-hybridized carbons (Fsp3) is 0.550. The third-order valence-corrected chi connectivity index (χ3v) is 7.09. The lowest BCUT2D eigenvalue weighted by Crippen LogP contribution is -2.60. The van der Waals surface area contributed by atoms with E-state index in [1.165, 1.54) is 11.1 Å². The number of sulfone groups is 1. The Hall–Kier alpha value is -1.66. The average molecular weight is 377 g/mol. The number of rotatable bonds is 4. The molecule has 0 radical (unpaired) electrons. The van der Waals surface area contributed by atoms with E-state index in [0.29, 0.717) is 18.7 Å². The van der Waals surface area contributed by atoms with E-state index in [-0.39, 0.29) is 29.5 Å². The van der Waals surface area contributed by atoms with E-state index in [4.69, 9.17) is 0 Å². The van der Waals surface area contributed by atoms with Crippen molar-refractivity contribution < 1.29 is 13.2 Å². The number of aryl methyl sites for hydroxylation is 1. The molecule has 2 heterocycles. The van der Waals surface area contributed by atoms with Crippen molar-refractivity contribution in [2.45, 2.75) is 39.3 Å². The van der Waals surface area contributed by atoms with Gasteiger partial charge in [-0.05, 0) is 38.0 Å². The molecule has 0 bridgehead atoms. The van der Waals surface area contributed by atoms with Crippen molar-refractivity contribution in [1.29, 1.82) is 0 Å². The molecule has 0 N–H and O–H groups in total. The average Bonchev–Trinajstić information content (AvgIpc) is 2.94. The van der Waals surface area contributed by atoms with E-state index in [2.05, 4.69) is 17.9 Å². The summed E-state index contributed by atoms with van der Waals surface area (Å²) in [5.41, 5.74) is 3.05. The SMILES string of the molecule is CCc1ccc(C(=O)N2CCN(CC=C(C)C)[C@@H]3CS(=O)(=O)C[C@@H]32)cc1. The van der Waals surface area contributed by atoms with Crippen LogP contribution in [0, 0.1) is 0 Å². The quantitative estimate of drug-likeness (QED) is 0.756. The van der Waals surface area contributed by atoms with Gasteiger partial charge in [0.05, 0.1) is 17.5 Å². The van der Waals surface area contributed by atoms with E-state index < -0.39 is 9.84 Å². The number of hydrogen-bond donors (Lipinski definition) is 0. The Labute approximate surface area is 156 Å². The van der Waals surface area contributed by atoms with Crippen LogP contribution in [0.5, 0.6) is 0 Å². The van der Waals surface area contributed by atoms with Crippen molar-refractivity contribution in [2.75, 3.05) is 31.1 Å². The topological polar surface area (TPSA) is 57.7 Å². The van der Waals surface area contributed by atoms with E-state index in [1.807, 2.05) is 38.1 Å². The lowest BCUT2D eigenvalue weighted by atomic mass is 10.0. The molecule has 26 heavy (non-hydrogen) atoms. The Morgan fingerprint density at radius 1 is 1.12 bits per heavy atom. The van der Waals surface area contributed by atoms with Crippen LogP contribution in [-0.4, -0.2) is 67.3 Å². The van der Waals surface area contributed by atoms with Gasteiger partial charge in [0.1, 0.15) is 0 Å². The molecule has 2 saturated heterocycles. The van der Waals surface area contributed by atoms with Crippen LogP contribution in [0.4, 0.5) is 0 Å². The number of nitrogens with zero attached hydrogens (tertiary/aromatic N) is 2. The van der Waals surface area contributed by atoms with Gasteiger partial charge in [-0.15, -0.1) is 0 Å². The zero-order chi connectivity index (χ0) is 18.9. The van der Waals surface area contributed by atoms with Crippen molar-refractivity contribution in [2.24, 2.45) is 0 Å². The second-order valence-electron chi connectivity index (χ2n) is 7.54. The minimum Gasteiger partial charge on any atom is -0.332 e. The molecule has 0 spiro atoms. The van der Waals surface area contributed by atoms with Crippen molar-refractivity contribution in [3.05, 3.63) is 47.0 Å². The first kappa shape index (κ1) is 19.1. The first-order valence-corrected chi connectivity index (χ1v) is 11.1. The second kappa shape index (κ2) is 7.53. The molecule has 0 saturated carbocycles. The summed E-state index contributed by atoms with van der Waals surface area (Å²) in [6, 6.07) is 7.30. The molecule has 2 aliphatic heterocycles. The van der Waals surface area contributed by atoms with Crippen molar-refractivity contribution in [1.82, 2.24) is 9.80 Å². The van der Waals surface area contributed by atoms with Gasteiger partial charge < -0.3 is 4.90 Å². The van der Waals surface area contributed by atoms with Gasteiger partial charge in [0.15, 0.2) is 9.84 Å². The van der Waals surface area contributed by atoms with Gasteiger partial charge in [-0.3, -0.25) is 9.69 Å². The lowest BCUT2D eigenvalue weighted by molar-refractivity contribution is 0.0368. The maximum absolute atomic E-state index is 13.0. The molecule has 0 aromatic heterocycles. The molecule has 2 atom stereocenters. The standard InChI is InChI=1S/C20H28N2O3S/c1-4-16-5-7-17(8-6-16)20(23)22-12-11-21(10-9-15(2)3)18-13-26(24,25)14-19(18)22/h5-9,18-19H,4,10-14H2,1-3H3/t18-,19+/m1/s1. The van der Waals surface area contributed by atoms with Gasteiger partial charge in [0, 0.05) is 31.2 Å². The summed E-state index contributed by atoms with van der Waals surface area (Å²) in [7, 11) is -3.12. The number of carbonyl (C=O) groups is 1. The Kier molecular flexibility index (Phi) is 5.53. The van der Waals surface area contributed by atoms with Gasteiger partial charge in [-0.25, -0.2) is 8.42 Å². The number of allylic oxidation sites excluding steroid dienone is 1. The van der Waals surface area contributed by atoms with Crippen LogP contribution in [0.1, 0.15) is 36.7 Å². The molecule has 2 aliphatic rings. The van der Waals surface area contributed by atoms with Crippen LogP contribution in [0.15, 0.2) is 35.9 Å². The van der Waals surface area contributed by atoms with Crippen molar-refractivity contribution in [3.8, 4) is 0 Å². The fourth-order valence-corrected chi connectivity index (χ4v) is 5.86. The molecule has 0 aliphatic carbocycles. The normalized spacial score (nSPS) is 25.0. The predicted molar refractivity (Wildman–Crippen MR) is 104 cm³/mol. The summed E-state index contributed by atoms with van der Waals surface area (Å²) in [5, 5.41) is 0. The highest BCUT2D eigenvalue weighted by atomic mass is 32.2. The number of piperazine rings is 1. The minimum atomic E-state index is -3.12. The van der Waals surface area contributed by atoms with Gasteiger partial charge in [-0.1, -0.05) is 30.7 Å². The molecule has 5 nitrogen and oxygen atoms in total. The fourth-order valence-electron chi connectivity index (χ4n) is 3.85. The molecule has 1 amide bonds. The molecule has 0 unspecified atom stereocenters. The zero-order valence-corrected chi connectivity index (χ0v) is 16.6. The highest BCUT2D eigenvalue weighted by Gasteiger charge is 2.47. The van der Waals surface area contributed by atoms with Crippen LogP contribution < -0.4 is 0 Å². The van der Waals surface area contributed by atoms with Gasteiger partial charge in [0.2, 0.25) is 0 Å². The highest BCUT2D eigenvalue weighted by molar-refractivity contribution is 7.91. The third-order valence-electron chi connectivity index (χ3n) is 5.40. The number of benzene rings is 1. The summed E-state index contributed by atoms with van der Waals surface area (Å²) >= 11 is 0. The van der Waals surface area contributed by atoms with Crippen LogP contribution in [0.3, 0.4) is 0 Å². The Bertz CT molecular complexity index is 795. The summed E-state index contributed by atoms with van der Waals surface area (Å²) in [6.07, 6.45) is 3.06. The van der Waals surface area contributed by atoms with Crippen LogP contribution >= 0.6 is 0 Å². The summed E-state index contributed by atoms with van der Waals surface area (Å²) < 4.78 is 24.6. The van der Waals surface area contributed by atoms with Crippen molar-refractivity contribution >= 4 is 15.7 Å². The molecular formula is C20H28N2O3S. The molecule has 6 heteroatoms. The summed E-state index contributed by atoms with van der Waals surface area (Å²) in [6.45, 7) is 8.19. The Morgan fingerprint density at radius 3 is 2.38 bits per heavy atom. The smallest absolute Gasteiger partial charge is 0.254 e. The van der Waals surface area contributed by atoms with E-state index in [0.717, 1.165) is 13.0 Å². The first-order valence-electron chi connectivity index (χ1n) is 9.28. The lowest BCUT2D eigenvalue weighted by Gasteiger charge is -2.43. The van der Waals surface area contributed by atoms with E-state index in [9.17, 15) is 13.2 Å². The highest BCUT2D eigenvalue weighted by Crippen LogP contribution is 2.28. The Balaban J connectivity index is 1.82. The van der Waals surface area contributed by atoms with Crippen LogP contribution in [0.25, 0.3) is 0 Å². The maximum atomic E-state index is 13.0. The number of fused-ring (bicyclic) bond motifs is 1. The number of amides is 1. The summed E-state index contributed by atoms with van der Waals surface area (Å²) in [4.78, 5) is 17.0. The minimum absolute atomic E-state index is 0.0541. The predicted octanol–water partition coefficient (Wildman–Crippen LogP) is 2.14. The molecule has 2 fully saturated rings. The maximum Gasteiger partial charge on any atom is 0.254 e. The van der Waals surface area contributed by atoms with Gasteiger partial charge >= 0.3 is 0 Å². The zero-order valence-electron chi connectivity index (χ0n) is 15.8. The van der Waals surface area contributed by atoms with Crippen LogP contribution in [-0.2, 0) is 16.3 Å². The van der Waals surface area contributed by atoms with Crippen molar-refractivity contribution in [3.63, 3.8) is 0 Å². The van der Waals surface area contributed by atoms with Gasteiger partial charge in [-0.2, -0.15) is 0 Å².